The fourth-order valence-corrected chi connectivity index (χ4v) is 5.33. The van der Waals surface area contributed by atoms with Crippen molar-refractivity contribution in [2.24, 2.45) is 17.3 Å². The molecule has 6 rings (SSSR count). The first-order valence-corrected chi connectivity index (χ1v) is 10.9. The maximum Gasteiger partial charge on any atom is 0.306 e. The lowest BCUT2D eigenvalue weighted by atomic mass is 9.62. The monoisotopic (exact) mass is 410 g/mol. The molecule has 0 radical (unpaired) electrons. The highest BCUT2D eigenvalue weighted by Gasteiger charge is 2.52. The molecule has 2 aromatic rings. The van der Waals surface area contributed by atoms with Crippen molar-refractivity contribution >= 4 is 5.97 Å². The summed E-state index contributed by atoms with van der Waals surface area (Å²) in [5.41, 5.74) is 0.571. The van der Waals surface area contributed by atoms with Crippen LogP contribution >= 0.6 is 0 Å². The molecule has 2 aromatic carbocycles. The fourth-order valence-electron chi connectivity index (χ4n) is 5.33. The minimum absolute atomic E-state index is 0.135. The van der Waals surface area contributed by atoms with Gasteiger partial charge in [-0.3, -0.25) is 4.79 Å². The summed E-state index contributed by atoms with van der Waals surface area (Å²) < 4.78 is 26.7. The molecule has 2 saturated heterocycles. The Morgan fingerprint density at radius 1 is 1.10 bits per heavy atom. The first kappa shape index (κ1) is 19.6. The van der Waals surface area contributed by atoms with Gasteiger partial charge in [0.1, 0.15) is 17.3 Å². The van der Waals surface area contributed by atoms with Crippen LogP contribution in [0.25, 0.3) is 0 Å². The van der Waals surface area contributed by atoms with Gasteiger partial charge in [-0.15, -0.1) is 0 Å². The minimum atomic E-state index is -0.653. The van der Waals surface area contributed by atoms with Crippen molar-refractivity contribution in [3.05, 3.63) is 59.9 Å². The molecule has 0 aromatic heterocycles. The summed E-state index contributed by atoms with van der Waals surface area (Å²) in [7, 11) is 0. The number of hydrogen-bond acceptors (Lipinski definition) is 3. The predicted molar refractivity (Wildman–Crippen MR) is 110 cm³/mol. The summed E-state index contributed by atoms with van der Waals surface area (Å²) in [5, 5.41) is 9.12. The van der Waals surface area contributed by atoms with Gasteiger partial charge >= 0.3 is 5.97 Å². The quantitative estimate of drug-likeness (QED) is 0.617. The largest absolute Gasteiger partial charge is 0.481 e. The van der Waals surface area contributed by atoms with Crippen molar-refractivity contribution in [2.45, 2.75) is 50.5 Å². The summed E-state index contributed by atoms with van der Waals surface area (Å²) in [4.78, 5) is 11.1. The molecule has 2 atom stereocenters. The zero-order valence-corrected chi connectivity index (χ0v) is 17.0. The molecule has 2 saturated carbocycles. The highest BCUT2D eigenvalue weighted by atomic mass is 19.1. The van der Waals surface area contributed by atoms with Crippen LogP contribution in [-0.4, -0.2) is 17.7 Å². The van der Waals surface area contributed by atoms with E-state index in [2.05, 4.69) is 0 Å². The molecular formula is C25H27FO4. The van der Waals surface area contributed by atoms with Crippen molar-refractivity contribution in [1.82, 2.24) is 0 Å². The molecule has 0 spiro atoms. The molecule has 158 valence electrons. The molecular weight excluding hydrogens is 383 g/mol. The second-order valence-electron chi connectivity index (χ2n) is 9.35. The third-order valence-electron chi connectivity index (χ3n) is 7.43. The van der Waals surface area contributed by atoms with Crippen LogP contribution in [0.5, 0.6) is 11.5 Å². The van der Waals surface area contributed by atoms with Gasteiger partial charge in [-0.25, -0.2) is 4.39 Å². The van der Waals surface area contributed by atoms with E-state index in [-0.39, 0.29) is 17.2 Å². The number of halogens is 1. The molecule has 30 heavy (non-hydrogen) atoms. The summed E-state index contributed by atoms with van der Waals surface area (Å²) in [6.07, 6.45) is 6.66. The second-order valence-corrected chi connectivity index (χ2v) is 9.35. The van der Waals surface area contributed by atoms with Crippen LogP contribution in [-0.2, 0) is 15.1 Å². The summed E-state index contributed by atoms with van der Waals surface area (Å²) in [6.45, 7) is 0.669. The third kappa shape index (κ3) is 3.71. The van der Waals surface area contributed by atoms with E-state index in [1.165, 1.54) is 6.07 Å². The summed E-state index contributed by atoms with van der Waals surface area (Å²) in [5.74, 6) is 0.408. The van der Waals surface area contributed by atoms with Crippen LogP contribution in [0.2, 0.25) is 0 Å². The van der Waals surface area contributed by atoms with Gasteiger partial charge in [-0.1, -0.05) is 18.2 Å². The Labute approximate surface area is 176 Å². The number of carbonyl (C=O) groups is 1. The number of hydrogen-bond donors (Lipinski definition) is 1. The lowest BCUT2D eigenvalue weighted by molar-refractivity contribution is -0.192. The van der Waals surface area contributed by atoms with E-state index in [9.17, 15) is 9.18 Å². The standard InChI is InChI=1S/C25H27FO4/c26-19-13-18(14-21(15-19)30-20-4-2-1-3-5-20)25-10-8-24(9-11-25,16-29-25)7-6-17-12-22(17)23(27)28/h1-5,13-15,17,22H,6-12,16H2,(H,27,28). The van der Waals surface area contributed by atoms with E-state index in [4.69, 9.17) is 14.6 Å². The van der Waals surface area contributed by atoms with E-state index in [0.29, 0.717) is 24.0 Å². The maximum absolute atomic E-state index is 14.4. The first-order valence-electron chi connectivity index (χ1n) is 10.9. The van der Waals surface area contributed by atoms with E-state index in [1.54, 1.807) is 6.07 Å². The number of carboxylic acid groups (broad SMARTS) is 1. The number of aliphatic carboxylic acids is 1. The van der Waals surface area contributed by atoms with Gasteiger partial charge < -0.3 is 14.6 Å². The molecule has 0 amide bonds. The molecule has 4 fully saturated rings. The SMILES string of the molecule is O=C(O)C1CC1CCC12CCC(c3cc(F)cc(Oc4ccccc4)c3)(CC1)OC2. The summed E-state index contributed by atoms with van der Waals surface area (Å²) >= 11 is 0. The average molecular weight is 410 g/mol. The van der Waals surface area contributed by atoms with Gasteiger partial charge in [0.25, 0.3) is 0 Å². The minimum Gasteiger partial charge on any atom is -0.481 e. The Hall–Kier alpha value is -2.40. The van der Waals surface area contributed by atoms with Crippen molar-refractivity contribution in [1.29, 1.82) is 0 Å². The predicted octanol–water partition coefficient (Wildman–Crippen LogP) is 5.90. The van der Waals surface area contributed by atoms with Gasteiger partial charge in [-0.2, -0.15) is 0 Å². The smallest absolute Gasteiger partial charge is 0.306 e. The highest BCUT2D eigenvalue weighted by Crippen LogP contribution is 2.57. The van der Waals surface area contributed by atoms with Crippen molar-refractivity contribution in [2.75, 3.05) is 6.61 Å². The molecule has 4 aliphatic rings. The fraction of sp³-hybridized carbons (Fsp3) is 0.480. The van der Waals surface area contributed by atoms with E-state index < -0.39 is 11.6 Å². The number of para-hydroxylation sites is 1. The van der Waals surface area contributed by atoms with Crippen LogP contribution in [0, 0.1) is 23.1 Å². The van der Waals surface area contributed by atoms with Crippen molar-refractivity contribution in [3.63, 3.8) is 0 Å². The Morgan fingerprint density at radius 2 is 1.87 bits per heavy atom. The van der Waals surface area contributed by atoms with Crippen molar-refractivity contribution < 1.29 is 23.8 Å². The Morgan fingerprint density at radius 3 is 2.50 bits per heavy atom. The second kappa shape index (κ2) is 7.38. The van der Waals surface area contributed by atoms with Gasteiger partial charge in [0.2, 0.25) is 0 Å². The van der Waals surface area contributed by atoms with Gasteiger partial charge in [0.15, 0.2) is 0 Å². The molecule has 1 N–H and O–H groups in total. The number of benzene rings is 2. The van der Waals surface area contributed by atoms with Crippen molar-refractivity contribution in [3.8, 4) is 11.5 Å². The maximum atomic E-state index is 14.4. The van der Waals surface area contributed by atoms with Crippen LogP contribution in [0.4, 0.5) is 4.39 Å². The zero-order chi connectivity index (χ0) is 20.8. The van der Waals surface area contributed by atoms with E-state index in [0.717, 1.165) is 50.5 Å². The van der Waals surface area contributed by atoms with Gasteiger partial charge in [-0.05, 0) is 86.1 Å². The molecule has 2 aliphatic carbocycles. The van der Waals surface area contributed by atoms with Crippen LogP contribution in [0.3, 0.4) is 0 Å². The first-order chi connectivity index (χ1) is 14.5. The molecule has 2 heterocycles. The Balaban J connectivity index is 1.27. The molecule has 2 aliphatic heterocycles. The summed E-state index contributed by atoms with van der Waals surface area (Å²) in [6, 6.07) is 14.3. The van der Waals surface area contributed by atoms with E-state index >= 15 is 0 Å². The van der Waals surface area contributed by atoms with Crippen LogP contribution in [0.15, 0.2) is 48.5 Å². The van der Waals surface area contributed by atoms with Gasteiger partial charge in [0, 0.05) is 6.07 Å². The van der Waals surface area contributed by atoms with E-state index in [1.807, 2.05) is 36.4 Å². The average Bonchev–Trinajstić information content (AvgIpc) is 3.54. The Bertz CT molecular complexity index is 917. The third-order valence-corrected chi connectivity index (χ3v) is 7.43. The number of ether oxygens (including phenoxy) is 2. The van der Waals surface area contributed by atoms with Gasteiger partial charge in [0.05, 0.1) is 18.1 Å². The Kier molecular flexibility index (Phi) is 4.81. The highest BCUT2D eigenvalue weighted by molar-refractivity contribution is 5.73. The van der Waals surface area contributed by atoms with Crippen LogP contribution < -0.4 is 4.74 Å². The molecule has 2 unspecified atom stereocenters. The van der Waals surface area contributed by atoms with Crippen LogP contribution in [0.1, 0.15) is 50.5 Å². The topological polar surface area (TPSA) is 55.8 Å². The molecule has 5 heteroatoms. The molecule has 2 bridgehead atoms. The number of fused-ring (bicyclic) bond motifs is 3. The number of rotatable bonds is 7. The lowest BCUT2D eigenvalue weighted by Crippen LogP contribution is -2.49. The lowest BCUT2D eigenvalue weighted by Gasteiger charge is -2.53. The zero-order valence-electron chi connectivity index (χ0n) is 17.0. The normalized spacial score (nSPS) is 32.0. The molecule has 4 nitrogen and oxygen atoms in total. The number of carboxylic acids is 1.